The molecule has 18 heavy (non-hydrogen) atoms. The van der Waals surface area contributed by atoms with Gasteiger partial charge in [0.05, 0.1) is 10.7 Å². The van der Waals surface area contributed by atoms with Crippen LogP contribution in [0, 0.1) is 23.2 Å². The molecule has 1 heterocycles. The number of hydrogen-bond acceptors (Lipinski definition) is 2. The van der Waals surface area contributed by atoms with Crippen LogP contribution >= 0.6 is 15.9 Å². The molecule has 4 saturated carbocycles. The maximum atomic E-state index is 10.8. The molecule has 0 spiro atoms. The van der Waals surface area contributed by atoms with E-state index in [0.717, 1.165) is 28.0 Å². The van der Waals surface area contributed by atoms with E-state index in [1.807, 2.05) is 6.07 Å². The van der Waals surface area contributed by atoms with E-state index in [2.05, 4.69) is 15.9 Å². The molecular weight excluding hydrogens is 292 g/mol. The van der Waals surface area contributed by atoms with Gasteiger partial charge in [0, 0.05) is 5.41 Å². The standard InChI is InChI=1S/C15H19BrO2/c16-12-1-2-18-13(12)14(17)15-6-9-3-10(7-15)5-11(4-9)8-15/h1-2,9-11,14,17H,3-8H2. The Kier molecular flexibility index (Phi) is 2.47. The minimum atomic E-state index is -0.421. The second-order valence-electron chi connectivity index (χ2n) is 6.82. The van der Waals surface area contributed by atoms with Gasteiger partial charge in [-0.05, 0) is 78.3 Å². The molecule has 3 heteroatoms. The molecule has 5 rings (SSSR count). The summed E-state index contributed by atoms with van der Waals surface area (Å²) in [5.41, 5.74) is 0.106. The smallest absolute Gasteiger partial charge is 0.146 e. The molecule has 1 unspecified atom stereocenters. The summed E-state index contributed by atoms with van der Waals surface area (Å²) in [6.07, 6.45) is 9.08. The third kappa shape index (κ3) is 1.56. The zero-order valence-electron chi connectivity index (χ0n) is 10.4. The first kappa shape index (κ1) is 11.5. The summed E-state index contributed by atoms with van der Waals surface area (Å²) in [6.45, 7) is 0. The van der Waals surface area contributed by atoms with Crippen LogP contribution < -0.4 is 0 Å². The normalized spacial score (nSPS) is 43.3. The summed E-state index contributed by atoms with van der Waals surface area (Å²) in [5.74, 6) is 3.33. The number of aliphatic hydroxyl groups excluding tert-OH is 1. The van der Waals surface area contributed by atoms with E-state index in [-0.39, 0.29) is 5.41 Å². The highest BCUT2D eigenvalue weighted by Gasteiger charge is 2.55. The number of halogens is 1. The third-order valence-electron chi connectivity index (χ3n) is 5.56. The van der Waals surface area contributed by atoms with Crippen molar-refractivity contribution in [3.05, 3.63) is 22.6 Å². The monoisotopic (exact) mass is 310 g/mol. The molecule has 0 aliphatic heterocycles. The lowest BCUT2D eigenvalue weighted by Gasteiger charge is -2.58. The largest absolute Gasteiger partial charge is 0.465 e. The molecule has 1 aromatic rings. The van der Waals surface area contributed by atoms with Crippen LogP contribution in [0.1, 0.15) is 50.4 Å². The predicted molar refractivity (Wildman–Crippen MR) is 72.0 cm³/mol. The molecule has 4 fully saturated rings. The Morgan fingerprint density at radius 1 is 1.17 bits per heavy atom. The number of rotatable bonds is 2. The molecular formula is C15H19BrO2. The summed E-state index contributed by atoms with van der Waals surface area (Å²) in [5, 5.41) is 10.8. The van der Waals surface area contributed by atoms with Crippen molar-refractivity contribution in [2.75, 3.05) is 0 Å². The minimum Gasteiger partial charge on any atom is -0.465 e. The van der Waals surface area contributed by atoms with Gasteiger partial charge >= 0.3 is 0 Å². The van der Waals surface area contributed by atoms with Gasteiger partial charge in [0.15, 0.2) is 0 Å². The Bertz CT molecular complexity index is 430. The summed E-state index contributed by atoms with van der Waals surface area (Å²) in [7, 11) is 0. The van der Waals surface area contributed by atoms with Gasteiger partial charge in [-0.15, -0.1) is 0 Å². The van der Waals surface area contributed by atoms with Crippen LogP contribution in [0.5, 0.6) is 0 Å². The lowest BCUT2D eigenvalue weighted by Crippen LogP contribution is -2.48. The topological polar surface area (TPSA) is 33.4 Å². The van der Waals surface area contributed by atoms with Crippen molar-refractivity contribution < 1.29 is 9.52 Å². The fraction of sp³-hybridized carbons (Fsp3) is 0.733. The molecule has 1 N–H and O–H groups in total. The van der Waals surface area contributed by atoms with E-state index in [1.54, 1.807) is 6.26 Å². The first-order valence-electron chi connectivity index (χ1n) is 7.07. The van der Waals surface area contributed by atoms with Gasteiger partial charge in [-0.1, -0.05) is 0 Å². The number of aliphatic hydroxyl groups is 1. The quantitative estimate of drug-likeness (QED) is 0.884. The second kappa shape index (κ2) is 3.86. The lowest BCUT2D eigenvalue weighted by molar-refractivity contribution is -0.128. The zero-order chi connectivity index (χ0) is 12.3. The van der Waals surface area contributed by atoms with Crippen molar-refractivity contribution in [2.24, 2.45) is 23.2 Å². The van der Waals surface area contributed by atoms with Crippen molar-refractivity contribution in [2.45, 2.75) is 44.6 Å². The molecule has 4 bridgehead atoms. The van der Waals surface area contributed by atoms with Gasteiger partial charge in [0.1, 0.15) is 11.9 Å². The van der Waals surface area contributed by atoms with Crippen molar-refractivity contribution in [1.29, 1.82) is 0 Å². The molecule has 1 atom stereocenters. The SMILES string of the molecule is OC(c1occc1Br)C12CC3CC(CC(C3)C1)C2. The Hall–Kier alpha value is -0.280. The van der Waals surface area contributed by atoms with Crippen molar-refractivity contribution in [3.63, 3.8) is 0 Å². The highest BCUT2D eigenvalue weighted by molar-refractivity contribution is 9.10. The van der Waals surface area contributed by atoms with Crippen molar-refractivity contribution in [1.82, 2.24) is 0 Å². The predicted octanol–water partition coefficient (Wildman–Crippen LogP) is 4.29. The lowest BCUT2D eigenvalue weighted by atomic mass is 9.48. The molecule has 0 aromatic carbocycles. The first-order valence-corrected chi connectivity index (χ1v) is 7.86. The fourth-order valence-electron chi connectivity index (χ4n) is 5.29. The summed E-state index contributed by atoms with van der Waals surface area (Å²) >= 11 is 3.49. The second-order valence-corrected chi connectivity index (χ2v) is 7.67. The van der Waals surface area contributed by atoms with Gasteiger partial charge < -0.3 is 9.52 Å². The van der Waals surface area contributed by atoms with Crippen LogP contribution in [-0.4, -0.2) is 5.11 Å². The molecule has 2 nitrogen and oxygen atoms in total. The molecule has 0 amide bonds. The van der Waals surface area contributed by atoms with Crippen LogP contribution in [0.15, 0.2) is 21.2 Å². The summed E-state index contributed by atoms with van der Waals surface area (Å²) in [6, 6.07) is 1.89. The summed E-state index contributed by atoms with van der Waals surface area (Å²) < 4.78 is 6.44. The van der Waals surface area contributed by atoms with Crippen LogP contribution in [0.3, 0.4) is 0 Å². The summed E-state index contributed by atoms with van der Waals surface area (Å²) in [4.78, 5) is 0. The average molecular weight is 311 g/mol. The van der Waals surface area contributed by atoms with Gasteiger partial charge in [-0.25, -0.2) is 0 Å². The number of furan rings is 1. The van der Waals surface area contributed by atoms with Crippen molar-refractivity contribution >= 4 is 15.9 Å². The Balaban J connectivity index is 1.69. The highest BCUT2D eigenvalue weighted by atomic mass is 79.9. The van der Waals surface area contributed by atoms with E-state index >= 15 is 0 Å². The van der Waals surface area contributed by atoms with E-state index in [9.17, 15) is 5.11 Å². The van der Waals surface area contributed by atoms with Crippen molar-refractivity contribution in [3.8, 4) is 0 Å². The van der Waals surface area contributed by atoms with E-state index in [1.165, 1.54) is 38.5 Å². The maximum absolute atomic E-state index is 10.8. The minimum absolute atomic E-state index is 0.106. The third-order valence-corrected chi connectivity index (χ3v) is 6.21. The van der Waals surface area contributed by atoms with Crippen LogP contribution in [0.4, 0.5) is 0 Å². The van der Waals surface area contributed by atoms with E-state index < -0.39 is 6.10 Å². The molecule has 0 radical (unpaired) electrons. The molecule has 4 aliphatic carbocycles. The number of hydrogen-bond donors (Lipinski definition) is 1. The Morgan fingerprint density at radius 3 is 2.17 bits per heavy atom. The molecule has 4 aliphatic rings. The van der Waals surface area contributed by atoms with Gasteiger partial charge in [0.25, 0.3) is 0 Å². The average Bonchev–Trinajstić information content (AvgIpc) is 2.72. The zero-order valence-corrected chi connectivity index (χ0v) is 12.0. The fourth-order valence-corrected chi connectivity index (χ4v) is 5.71. The Morgan fingerprint density at radius 2 is 1.72 bits per heavy atom. The van der Waals surface area contributed by atoms with Gasteiger partial charge in [0.2, 0.25) is 0 Å². The van der Waals surface area contributed by atoms with E-state index in [0.29, 0.717) is 0 Å². The maximum Gasteiger partial charge on any atom is 0.146 e. The van der Waals surface area contributed by atoms with Crippen LogP contribution in [0.2, 0.25) is 0 Å². The molecule has 98 valence electrons. The van der Waals surface area contributed by atoms with Gasteiger partial charge in [-0.2, -0.15) is 0 Å². The molecule has 1 aromatic heterocycles. The highest BCUT2D eigenvalue weighted by Crippen LogP contribution is 2.64. The molecule has 0 saturated heterocycles. The van der Waals surface area contributed by atoms with Crippen LogP contribution in [-0.2, 0) is 0 Å². The van der Waals surface area contributed by atoms with Gasteiger partial charge in [-0.3, -0.25) is 0 Å². The Labute approximate surface area is 116 Å². The van der Waals surface area contributed by atoms with Crippen LogP contribution in [0.25, 0.3) is 0 Å². The van der Waals surface area contributed by atoms with E-state index in [4.69, 9.17) is 4.42 Å². The first-order chi connectivity index (χ1) is 8.66.